The number of rotatable bonds is 6. The predicted octanol–water partition coefficient (Wildman–Crippen LogP) is 2.20. The summed E-state index contributed by atoms with van der Waals surface area (Å²) in [7, 11) is 0. The second kappa shape index (κ2) is 6.39. The van der Waals surface area contributed by atoms with Crippen LogP contribution < -0.4 is 10.6 Å². The van der Waals surface area contributed by atoms with E-state index < -0.39 is 0 Å². The molecule has 0 aliphatic heterocycles. The number of carbonyl (C=O) groups is 1. The van der Waals surface area contributed by atoms with Gasteiger partial charge < -0.3 is 15.1 Å². The summed E-state index contributed by atoms with van der Waals surface area (Å²) in [5.41, 5.74) is 1.53. The molecule has 2 N–H and O–H groups in total. The average molecular weight is 257 g/mol. The van der Waals surface area contributed by atoms with Gasteiger partial charge in [0.1, 0.15) is 5.76 Å². The number of hydrogen-bond donors (Lipinski definition) is 2. The molecule has 0 atom stereocenters. The molecular weight excluding hydrogens is 242 g/mol. The minimum atomic E-state index is -0.110. The van der Waals surface area contributed by atoms with Crippen LogP contribution in [0.5, 0.6) is 0 Å². The van der Waals surface area contributed by atoms with Gasteiger partial charge in [0.05, 0.1) is 12.7 Å². The first-order valence-corrected chi connectivity index (χ1v) is 5.90. The van der Waals surface area contributed by atoms with Crippen molar-refractivity contribution in [2.45, 2.75) is 6.54 Å². The van der Waals surface area contributed by atoms with Gasteiger partial charge >= 0.3 is 0 Å². The monoisotopic (exact) mass is 257 g/mol. The summed E-state index contributed by atoms with van der Waals surface area (Å²) in [5.74, 6) is 0.648. The van der Waals surface area contributed by atoms with Gasteiger partial charge in [-0.1, -0.05) is 6.08 Å². The molecule has 0 aliphatic rings. The number of hydrogen-bond acceptors (Lipinski definition) is 4. The van der Waals surface area contributed by atoms with Crippen molar-refractivity contribution in [1.82, 2.24) is 10.3 Å². The maximum atomic E-state index is 11.7. The Morgan fingerprint density at radius 2 is 2.16 bits per heavy atom. The van der Waals surface area contributed by atoms with Crippen molar-refractivity contribution in [3.63, 3.8) is 0 Å². The number of amides is 1. The van der Waals surface area contributed by atoms with Crippen molar-refractivity contribution in [3.8, 4) is 0 Å². The summed E-state index contributed by atoms with van der Waals surface area (Å²) >= 11 is 0. The van der Waals surface area contributed by atoms with Gasteiger partial charge in [0, 0.05) is 17.8 Å². The van der Waals surface area contributed by atoms with Crippen molar-refractivity contribution in [2.24, 2.45) is 0 Å². The summed E-state index contributed by atoms with van der Waals surface area (Å²) < 4.78 is 5.11. The Bertz CT molecular complexity index is 532. The van der Waals surface area contributed by atoms with Gasteiger partial charge in [0.2, 0.25) is 0 Å². The number of nitrogens with zero attached hydrogens (tertiary/aromatic N) is 1. The smallest absolute Gasteiger partial charge is 0.251 e. The van der Waals surface area contributed by atoms with E-state index in [1.807, 2.05) is 12.1 Å². The van der Waals surface area contributed by atoms with Crippen LogP contribution >= 0.6 is 0 Å². The summed E-state index contributed by atoms with van der Waals surface area (Å²) in [6, 6.07) is 7.22. The lowest BCUT2D eigenvalue weighted by atomic mass is 10.2. The number of nitrogens with one attached hydrogen (secondary N) is 2. The van der Waals surface area contributed by atoms with E-state index in [-0.39, 0.29) is 5.91 Å². The molecule has 0 fully saturated rings. The van der Waals surface area contributed by atoms with Crippen LogP contribution in [0.2, 0.25) is 0 Å². The molecule has 1 aromatic carbocycles. The second-order valence-electron chi connectivity index (χ2n) is 3.90. The molecule has 5 nitrogen and oxygen atoms in total. The van der Waals surface area contributed by atoms with Gasteiger partial charge in [-0.25, -0.2) is 4.98 Å². The molecule has 19 heavy (non-hydrogen) atoms. The van der Waals surface area contributed by atoms with Crippen molar-refractivity contribution in [2.75, 3.05) is 11.9 Å². The van der Waals surface area contributed by atoms with Crippen molar-refractivity contribution >= 4 is 11.6 Å². The third kappa shape index (κ3) is 3.70. The van der Waals surface area contributed by atoms with Gasteiger partial charge in [0.15, 0.2) is 6.39 Å². The van der Waals surface area contributed by atoms with Crippen LogP contribution in [0, 0.1) is 0 Å². The van der Waals surface area contributed by atoms with E-state index in [0.29, 0.717) is 18.7 Å². The predicted molar refractivity (Wildman–Crippen MR) is 72.8 cm³/mol. The third-order valence-electron chi connectivity index (χ3n) is 2.50. The van der Waals surface area contributed by atoms with E-state index >= 15 is 0 Å². The fourth-order valence-corrected chi connectivity index (χ4v) is 1.52. The van der Waals surface area contributed by atoms with E-state index in [2.05, 4.69) is 22.2 Å². The standard InChI is InChI=1S/C14H15N3O2/c1-2-7-16-14(18)11-3-5-12(6-4-11)17-9-13-8-15-10-19-13/h2-6,8,10,17H,1,7,9H2,(H,16,18). The summed E-state index contributed by atoms with van der Waals surface area (Å²) in [4.78, 5) is 15.5. The average Bonchev–Trinajstić information content (AvgIpc) is 2.96. The SMILES string of the molecule is C=CCNC(=O)c1ccc(NCc2cnco2)cc1. The van der Waals surface area contributed by atoms with Gasteiger partial charge in [-0.05, 0) is 24.3 Å². The summed E-state index contributed by atoms with van der Waals surface area (Å²) in [6.45, 7) is 4.57. The van der Waals surface area contributed by atoms with Crippen LogP contribution in [0.3, 0.4) is 0 Å². The Morgan fingerprint density at radius 3 is 2.79 bits per heavy atom. The van der Waals surface area contributed by atoms with Crippen LogP contribution in [-0.4, -0.2) is 17.4 Å². The highest BCUT2D eigenvalue weighted by molar-refractivity contribution is 5.94. The largest absolute Gasteiger partial charge is 0.447 e. The molecule has 0 saturated carbocycles. The number of benzene rings is 1. The molecule has 0 unspecified atom stereocenters. The number of oxazole rings is 1. The first-order chi connectivity index (χ1) is 9.29. The number of anilines is 1. The van der Waals surface area contributed by atoms with Gasteiger partial charge in [-0.2, -0.15) is 0 Å². The molecule has 2 rings (SSSR count). The molecule has 1 amide bonds. The quantitative estimate of drug-likeness (QED) is 0.778. The molecule has 0 saturated heterocycles. The van der Waals surface area contributed by atoms with Crippen LogP contribution in [0.1, 0.15) is 16.1 Å². The molecule has 98 valence electrons. The van der Waals surface area contributed by atoms with Crippen LogP contribution in [0.4, 0.5) is 5.69 Å². The zero-order chi connectivity index (χ0) is 13.5. The fraction of sp³-hybridized carbons (Fsp3) is 0.143. The number of carbonyl (C=O) groups excluding carboxylic acids is 1. The van der Waals surface area contributed by atoms with Crippen molar-refractivity contribution in [3.05, 3.63) is 60.8 Å². The molecule has 0 radical (unpaired) electrons. The van der Waals surface area contributed by atoms with E-state index in [9.17, 15) is 4.79 Å². The maximum Gasteiger partial charge on any atom is 0.251 e. The Kier molecular flexibility index (Phi) is 4.34. The lowest BCUT2D eigenvalue weighted by molar-refractivity contribution is 0.0958. The lowest BCUT2D eigenvalue weighted by Gasteiger charge is -2.06. The molecule has 0 spiro atoms. The minimum Gasteiger partial charge on any atom is -0.447 e. The van der Waals surface area contributed by atoms with Crippen molar-refractivity contribution in [1.29, 1.82) is 0 Å². The molecule has 1 heterocycles. The summed E-state index contributed by atoms with van der Waals surface area (Å²) in [5, 5.41) is 5.90. The van der Waals surface area contributed by atoms with Gasteiger partial charge in [0.25, 0.3) is 5.91 Å². The zero-order valence-corrected chi connectivity index (χ0v) is 10.4. The lowest BCUT2D eigenvalue weighted by Crippen LogP contribution is -2.23. The first-order valence-electron chi connectivity index (χ1n) is 5.90. The fourth-order valence-electron chi connectivity index (χ4n) is 1.52. The van der Waals surface area contributed by atoms with Gasteiger partial charge in [-0.15, -0.1) is 6.58 Å². The Balaban J connectivity index is 1.90. The van der Waals surface area contributed by atoms with Crippen LogP contribution in [-0.2, 0) is 6.54 Å². The number of aromatic nitrogens is 1. The Hall–Kier alpha value is -2.56. The highest BCUT2D eigenvalue weighted by atomic mass is 16.3. The maximum absolute atomic E-state index is 11.7. The highest BCUT2D eigenvalue weighted by Crippen LogP contribution is 2.11. The van der Waals surface area contributed by atoms with Crippen LogP contribution in [0.25, 0.3) is 0 Å². The molecule has 2 aromatic rings. The molecule has 5 heteroatoms. The Labute approximate surface area is 111 Å². The summed E-state index contributed by atoms with van der Waals surface area (Å²) in [6.07, 6.45) is 4.69. The van der Waals surface area contributed by atoms with E-state index in [4.69, 9.17) is 4.42 Å². The third-order valence-corrected chi connectivity index (χ3v) is 2.50. The normalized spacial score (nSPS) is 9.89. The van der Waals surface area contributed by atoms with Crippen LogP contribution in [0.15, 0.2) is 53.9 Å². The zero-order valence-electron chi connectivity index (χ0n) is 10.4. The molecular formula is C14H15N3O2. The van der Waals surface area contributed by atoms with E-state index in [1.165, 1.54) is 6.39 Å². The minimum absolute atomic E-state index is 0.110. The van der Waals surface area contributed by atoms with Crippen molar-refractivity contribution < 1.29 is 9.21 Å². The topological polar surface area (TPSA) is 67.2 Å². The molecule has 0 aliphatic carbocycles. The molecule has 1 aromatic heterocycles. The first kappa shape index (κ1) is 12.9. The van der Waals surface area contributed by atoms with E-state index in [1.54, 1.807) is 24.4 Å². The Morgan fingerprint density at radius 1 is 1.37 bits per heavy atom. The highest BCUT2D eigenvalue weighted by Gasteiger charge is 2.03. The van der Waals surface area contributed by atoms with E-state index in [0.717, 1.165) is 11.4 Å². The second-order valence-corrected chi connectivity index (χ2v) is 3.90. The van der Waals surface area contributed by atoms with Gasteiger partial charge in [-0.3, -0.25) is 4.79 Å². The molecule has 0 bridgehead atoms.